The second-order valence-electron chi connectivity index (χ2n) is 4.99. The zero-order valence-corrected chi connectivity index (χ0v) is 9.82. The number of aliphatic hydroxyl groups is 1. The van der Waals surface area contributed by atoms with Crippen LogP contribution in [0.15, 0.2) is 24.5 Å². The summed E-state index contributed by atoms with van der Waals surface area (Å²) < 4.78 is 0. The Morgan fingerprint density at radius 2 is 2.25 bits per heavy atom. The number of hydrogen-bond acceptors (Lipinski definition) is 3. The first kappa shape index (κ1) is 11.6. The average Bonchev–Trinajstić information content (AvgIpc) is 2.70. The Labute approximate surface area is 96.9 Å². The summed E-state index contributed by atoms with van der Waals surface area (Å²) in [6.07, 6.45) is 7.14. The zero-order valence-electron chi connectivity index (χ0n) is 9.82. The van der Waals surface area contributed by atoms with Gasteiger partial charge in [0.15, 0.2) is 0 Å². The molecule has 1 saturated carbocycles. The molecule has 3 heteroatoms. The Morgan fingerprint density at radius 3 is 2.94 bits per heavy atom. The Hall–Kier alpha value is -0.930. The first-order valence-electron chi connectivity index (χ1n) is 5.98. The lowest BCUT2D eigenvalue weighted by Gasteiger charge is -2.30. The van der Waals surface area contributed by atoms with Gasteiger partial charge >= 0.3 is 0 Å². The largest absolute Gasteiger partial charge is 0.396 e. The summed E-state index contributed by atoms with van der Waals surface area (Å²) in [6.45, 7) is 3.31. The van der Waals surface area contributed by atoms with E-state index in [0.29, 0.717) is 6.04 Å². The molecule has 0 aromatic carbocycles. The maximum absolute atomic E-state index is 9.44. The van der Waals surface area contributed by atoms with E-state index in [1.54, 1.807) is 0 Å². The number of hydrogen-bond donors (Lipinski definition) is 2. The highest BCUT2D eigenvalue weighted by Crippen LogP contribution is 2.37. The van der Waals surface area contributed by atoms with Crippen molar-refractivity contribution < 1.29 is 5.11 Å². The lowest BCUT2D eigenvalue weighted by atomic mass is 9.86. The van der Waals surface area contributed by atoms with E-state index in [9.17, 15) is 5.11 Å². The second kappa shape index (κ2) is 4.93. The van der Waals surface area contributed by atoms with Crippen molar-refractivity contribution in [3.05, 3.63) is 30.1 Å². The summed E-state index contributed by atoms with van der Waals surface area (Å²) in [5, 5.41) is 13.0. The van der Waals surface area contributed by atoms with Gasteiger partial charge in [0, 0.05) is 37.0 Å². The Balaban J connectivity index is 1.91. The molecule has 3 nitrogen and oxygen atoms in total. The zero-order chi connectivity index (χ0) is 11.4. The third kappa shape index (κ3) is 2.42. The van der Waals surface area contributed by atoms with Crippen LogP contribution in [0.4, 0.5) is 0 Å². The van der Waals surface area contributed by atoms with Gasteiger partial charge in [-0.05, 0) is 30.5 Å². The SMILES string of the molecule is CC1(CO)CCCC1NCc1ccncc1. The molecule has 88 valence electrons. The van der Waals surface area contributed by atoms with Gasteiger partial charge in [-0.15, -0.1) is 0 Å². The number of pyridine rings is 1. The summed E-state index contributed by atoms with van der Waals surface area (Å²) in [4.78, 5) is 4.00. The molecule has 0 amide bonds. The van der Waals surface area contributed by atoms with Crippen molar-refractivity contribution in [1.29, 1.82) is 0 Å². The van der Waals surface area contributed by atoms with Gasteiger partial charge in [0.05, 0.1) is 0 Å². The molecule has 1 aliphatic carbocycles. The molecule has 1 aliphatic rings. The highest BCUT2D eigenvalue weighted by Gasteiger charge is 2.37. The summed E-state index contributed by atoms with van der Waals surface area (Å²) >= 11 is 0. The van der Waals surface area contributed by atoms with E-state index < -0.39 is 0 Å². The normalized spacial score (nSPS) is 29.5. The van der Waals surface area contributed by atoms with Crippen molar-refractivity contribution in [3.8, 4) is 0 Å². The minimum atomic E-state index is 0.0625. The molecule has 2 rings (SSSR count). The molecule has 16 heavy (non-hydrogen) atoms. The lowest BCUT2D eigenvalue weighted by molar-refractivity contribution is 0.118. The first-order valence-corrected chi connectivity index (χ1v) is 5.98. The minimum absolute atomic E-state index is 0.0625. The fourth-order valence-electron chi connectivity index (χ4n) is 2.51. The highest BCUT2D eigenvalue weighted by atomic mass is 16.3. The van der Waals surface area contributed by atoms with Crippen molar-refractivity contribution in [2.75, 3.05) is 6.61 Å². The Kier molecular flexibility index (Phi) is 3.56. The van der Waals surface area contributed by atoms with Crippen LogP contribution in [0, 0.1) is 5.41 Å². The van der Waals surface area contributed by atoms with Gasteiger partial charge in [-0.25, -0.2) is 0 Å². The Bertz CT molecular complexity index is 328. The molecule has 0 bridgehead atoms. The van der Waals surface area contributed by atoms with E-state index in [4.69, 9.17) is 0 Å². The summed E-state index contributed by atoms with van der Waals surface area (Å²) in [5.41, 5.74) is 1.31. The van der Waals surface area contributed by atoms with E-state index in [0.717, 1.165) is 13.0 Å². The quantitative estimate of drug-likeness (QED) is 0.812. The topological polar surface area (TPSA) is 45.1 Å². The molecule has 2 N–H and O–H groups in total. The molecule has 1 fully saturated rings. The summed E-state index contributed by atoms with van der Waals surface area (Å²) in [7, 11) is 0. The van der Waals surface area contributed by atoms with Crippen LogP contribution in [0.1, 0.15) is 31.7 Å². The molecule has 2 unspecified atom stereocenters. The predicted molar refractivity (Wildman–Crippen MR) is 63.9 cm³/mol. The van der Waals surface area contributed by atoms with Gasteiger partial charge in [-0.1, -0.05) is 13.3 Å². The third-order valence-electron chi connectivity index (χ3n) is 3.75. The van der Waals surface area contributed by atoms with E-state index in [-0.39, 0.29) is 12.0 Å². The molecule has 0 saturated heterocycles. The summed E-state index contributed by atoms with van der Waals surface area (Å²) in [6, 6.07) is 4.49. The molecular weight excluding hydrogens is 200 g/mol. The molecule has 1 aromatic heterocycles. The minimum Gasteiger partial charge on any atom is -0.396 e. The van der Waals surface area contributed by atoms with Gasteiger partial charge in [0.1, 0.15) is 0 Å². The van der Waals surface area contributed by atoms with Crippen LogP contribution in [0.2, 0.25) is 0 Å². The van der Waals surface area contributed by atoms with Gasteiger partial charge in [0.25, 0.3) is 0 Å². The van der Waals surface area contributed by atoms with Crippen molar-refractivity contribution >= 4 is 0 Å². The molecule has 2 atom stereocenters. The predicted octanol–water partition coefficient (Wildman–Crippen LogP) is 1.72. The molecule has 0 radical (unpaired) electrons. The fourth-order valence-corrected chi connectivity index (χ4v) is 2.51. The van der Waals surface area contributed by atoms with Crippen LogP contribution in [0.25, 0.3) is 0 Å². The van der Waals surface area contributed by atoms with E-state index in [1.807, 2.05) is 24.5 Å². The van der Waals surface area contributed by atoms with Gasteiger partial charge in [-0.3, -0.25) is 4.98 Å². The first-order chi connectivity index (χ1) is 7.74. The highest BCUT2D eigenvalue weighted by molar-refractivity contribution is 5.09. The molecule has 1 aromatic rings. The molecular formula is C13H20N2O. The van der Waals surface area contributed by atoms with Crippen LogP contribution in [-0.4, -0.2) is 22.7 Å². The Morgan fingerprint density at radius 1 is 1.50 bits per heavy atom. The van der Waals surface area contributed by atoms with Crippen molar-refractivity contribution in [3.63, 3.8) is 0 Å². The van der Waals surface area contributed by atoms with E-state index in [2.05, 4.69) is 17.2 Å². The fraction of sp³-hybridized carbons (Fsp3) is 0.615. The number of nitrogens with one attached hydrogen (secondary N) is 1. The number of aliphatic hydroxyl groups excluding tert-OH is 1. The van der Waals surface area contributed by atoms with Crippen molar-refractivity contribution in [2.24, 2.45) is 5.41 Å². The number of rotatable bonds is 4. The van der Waals surface area contributed by atoms with E-state index >= 15 is 0 Å². The van der Waals surface area contributed by atoms with Gasteiger partial charge in [-0.2, -0.15) is 0 Å². The van der Waals surface area contributed by atoms with Crippen LogP contribution >= 0.6 is 0 Å². The number of aromatic nitrogens is 1. The molecule has 0 aliphatic heterocycles. The standard InChI is InChI=1S/C13H20N2O/c1-13(10-16)6-2-3-12(13)15-9-11-4-7-14-8-5-11/h4-5,7-8,12,15-16H,2-3,6,9-10H2,1H3. The lowest BCUT2D eigenvalue weighted by Crippen LogP contribution is -2.41. The third-order valence-corrected chi connectivity index (χ3v) is 3.75. The molecule has 1 heterocycles. The maximum atomic E-state index is 9.44. The maximum Gasteiger partial charge on any atom is 0.0499 e. The van der Waals surface area contributed by atoms with Crippen molar-refractivity contribution in [1.82, 2.24) is 10.3 Å². The van der Waals surface area contributed by atoms with E-state index in [1.165, 1.54) is 18.4 Å². The monoisotopic (exact) mass is 220 g/mol. The van der Waals surface area contributed by atoms with Gasteiger partial charge < -0.3 is 10.4 Å². The summed E-state index contributed by atoms with van der Waals surface area (Å²) in [5.74, 6) is 0. The number of nitrogens with zero attached hydrogens (tertiary/aromatic N) is 1. The van der Waals surface area contributed by atoms with Gasteiger partial charge in [0.2, 0.25) is 0 Å². The molecule has 0 spiro atoms. The smallest absolute Gasteiger partial charge is 0.0499 e. The average molecular weight is 220 g/mol. The van der Waals surface area contributed by atoms with Crippen LogP contribution in [0.5, 0.6) is 0 Å². The van der Waals surface area contributed by atoms with Crippen LogP contribution in [-0.2, 0) is 6.54 Å². The van der Waals surface area contributed by atoms with Crippen molar-refractivity contribution in [2.45, 2.75) is 38.8 Å². The van der Waals surface area contributed by atoms with Crippen LogP contribution in [0.3, 0.4) is 0 Å². The van der Waals surface area contributed by atoms with Crippen LogP contribution < -0.4 is 5.32 Å². The second-order valence-corrected chi connectivity index (χ2v) is 4.99.